The van der Waals surface area contributed by atoms with E-state index in [9.17, 15) is 9.59 Å². The van der Waals surface area contributed by atoms with Crippen molar-refractivity contribution in [3.63, 3.8) is 0 Å². The zero-order valence-electron chi connectivity index (χ0n) is 10.8. The fourth-order valence-corrected chi connectivity index (χ4v) is 1.58. The second-order valence-corrected chi connectivity index (χ2v) is 3.92. The predicted molar refractivity (Wildman–Crippen MR) is 66.0 cm³/mol. The van der Waals surface area contributed by atoms with Crippen LogP contribution in [0, 0.1) is 0 Å². The van der Waals surface area contributed by atoms with E-state index in [0.29, 0.717) is 13.1 Å². The van der Waals surface area contributed by atoms with E-state index in [1.54, 1.807) is 6.92 Å². The van der Waals surface area contributed by atoms with Gasteiger partial charge < -0.3 is 20.6 Å². The van der Waals surface area contributed by atoms with Crippen molar-refractivity contribution in [2.75, 3.05) is 26.7 Å². The zero-order chi connectivity index (χ0) is 13.3. The summed E-state index contributed by atoms with van der Waals surface area (Å²) in [5.74, 6) is -0.890. The maximum Gasteiger partial charge on any atom is 0.317 e. The van der Waals surface area contributed by atoms with Gasteiger partial charge in [0, 0.05) is 19.1 Å². The van der Waals surface area contributed by atoms with Crippen molar-refractivity contribution < 1.29 is 14.7 Å². The molecule has 0 spiro atoms. The van der Waals surface area contributed by atoms with Gasteiger partial charge in [-0.3, -0.25) is 4.79 Å². The summed E-state index contributed by atoms with van der Waals surface area (Å²) in [6.45, 7) is 5.52. The zero-order valence-corrected chi connectivity index (χ0v) is 10.8. The summed E-state index contributed by atoms with van der Waals surface area (Å²) < 4.78 is 0. The minimum Gasteiger partial charge on any atom is -0.481 e. The molecule has 0 fully saturated rings. The molecule has 0 aliphatic rings. The highest BCUT2D eigenvalue weighted by atomic mass is 16.4. The van der Waals surface area contributed by atoms with Crippen molar-refractivity contribution in [2.45, 2.75) is 32.7 Å². The number of rotatable bonds is 8. The van der Waals surface area contributed by atoms with Gasteiger partial charge in [-0.05, 0) is 33.9 Å². The van der Waals surface area contributed by atoms with Crippen LogP contribution in [0.15, 0.2) is 0 Å². The van der Waals surface area contributed by atoms with Crippen LogP contribution in [0.4, 0.5) is 4.79 Å². The Kier molecular flexibility index (Phi) is 8.13. The molecule has 0 aliphatic carbocycles. The quantitative estimate of drug-likeness (QED) is 0.544. The lowest BCUT2D eigenvalue weighted by Gasteiger charge is -2.27. The van der Waals surface area contributed by atoms with Crippen LogP contribution < -0.4 is 10.6 Å². The van der Waals surface area contributed by atoms with Gasteiger partial charge in [0.05, 0.1) is 6.42 Å². The second kappa shape index (κ2) is 8.81. The second-order valence-electron chi connectivity index (χ2n) is 3.92. The van der Waals surface area contributed by atoms with Gasteiger partial charge in [0.15, 0.2) is 0 Å². The third-order valence-corrected chi connectivity index (χ3v) is 2.48. The van der Waals surface area contributed by atoms with E-state index in [1.807, 2.05) is 14.0 Å². The van der Waals surface area contributed by atoms with Gasteiger partial charge >= 0.3 is 12.0 Å². The molecule has 0 saturated carbocycles. The van der Waals surface area contributed by atoms with Crippen LogP contribution in [-0.4, -0.2) is 54.7 Å². The Morgan fingerprint density at radius 1 is 1.35 bits per heavy atom. The van der Waals surface area contributed by atoms with E-state index in [4.69, 9.17) is 5.11 Å². The summed E-state index contributed by atoms with van der Waals surface area (Å²) in [5, 5.41) is 14.5. The van der Waals surface area contributed by atoms with Crippen LogP contribution in [0.3, 0.4) is 0 Å². The maximum atomic E-state index is 11.8. The molecule has 0 heterocycles. The summed E-state index contributed by atoms with van der Waals surface area (Å²) in [4.78, 5) is 23.9. The molecule has 0 radical (unpaired) electrons. The molecule has 1 atom stereocenters. The van der Waals surface area contributed by atoms with Gasteiger partial charge in [-0.25, -0.2) is 4.79 Å². The Hall–Kier alpha value is -1.30. The van der Waals surface area contributed by atoms with Crippen LogP contribution in [-0.2, 0) is 4.79 Å². The molecule has 6 heteroatoms. The number of carboxylic acid groups (broad SMARTS) is 1. The minimum absolute atomic E-state index is 0.0300. The van der Waals surface area contributed by atoms with E-state index in [2.05, 4.69) is 10.6 Å². The summed E-state index contributed by atoms with van der Waals surface area (Å²) in [6.07, 6.45) is 0.824. The Bertz CT molecular complexity index is 246. The van der Waals surface area contributed by atoms with Gasteiger partial charge in [0.1, 0.15) is 0 Å². The Morgan fingerprint density at radius 3 is 2.47 bits per heavy atom. The first kappa shape index (κ1) is 15.7. The van der Waals surface area contributed by atoms with Crippen molar-refractivity contribution in [2.24, 2.45) is 0 Å². The first-order valence-electron chi connectivity index (χ1n) is 5.93. The number of hydrogen-bond donors (Lipinski definition) is 3. The van der Waals surface area contributed by atoms with Crippen molar-refractivity contribution in [3.8, 4) is 0 Å². The molecule has 0 rings (SSSR count). The van der Waals surface area contributed by atoms with E-state index >= 15 is 0 Å². The summed E-state index contributed by atoms with van der Waals surface area (Å²) in [6, 6.07) is -0.487. The van der Waals surface area contributed by atoms with Gasteiger partial charge in [-0.1, -0.05) is 0 Å². The standard InChI is InChI=1S/C11H23N3O3/c1-4-14(9(2)8-10(15)16)11(17)13-7-5-6-12-3/h9,12H,4-8H2,1-3H3,(H,13,17)(H,15,16). The number of carbonyl (C=O) groups is 2. The van der Waals surface area contributed by atoms with Crippen molar-refractivity contribution in [1.82, 2.24) is 15.5 Å². The molecule has 0 aromatic heterocycles. The lowest BCUT2D eigenvalue weighted by molar-refractivity contribution is -0.138. The van der Waals surface area contributed by atoms with Gasteiger partial charge in [-0.15, -0.1) is 0 Å². The molecule has 3 N–H and O–H groups in total. The molecule has 0 aliphatic heterocycles. The Balaban J connectivity index is 4.06. The average Bonchev–Trinajstić information content (AvgIpc) is 2.24. The summed E-state index contributed by atoms with van der Waals surface area (Å²) in [5.41, 5.74) is 0. The van der Waals surface area contributed by atoms with Crippen LogP contribution in [0.5, 0.6) is 0 Å². The number of carboxylic acids is 1. The normalized spacial score (nSPS) is 11.9. The highest BCUT2D eigenvalue weighted by Gasteiger charge is 2.19. The molecule has 6 nitrogen and oxygen atoms in total. The van der Waals surface area contributed by atoms with E-state index in [1.165, 1.54) is 4.90 Å². The van der Waals surface area contributed by atoms with Crippen molar-refractivity contribution >= 4 is 12.0 Å². The Labute approximate surface area is 102 Å². The lowest BCUT2D eigenvalue weighted by atomic mass is 10.2. The van der Waals surface area contributed by atoms with E-state index in [-0.39, 0.29) is 18.5 Å². The van der Waals surface area contributed by atoms with Crippen LogP contribution >= 0.6 is 0 Å². The number of carbonyl (C=O) groups excluding carboxylic acids is 1. The molecule has 0 bridgehead atoms. The fraction of sp³-hybridized carbons (Fsp3) is 0.818. The first-order chi connectivity index (χ1) is 8.02. The molecule has 0 aromatic rings. The number of amides is 2. The molecule has 0 aromatic carbocycles. The van der Waals surface area contributed by atoms with Gasteiger partial charge in [0.25, 0.3) is 0 Å². The molecule has 100 valence electrons. The number of hydrogen-bond acceptors (Lipinski definition) is 3. The summed E-state index contributed by atoms with van der Waals surface area (Å²) in [7, 11) is 1.86. The molecular formula is C11H23N3O3. The fourth-order valence-electron chi connectivity index (χ4n) is 1.58. The minimum atomic E-state index is -0.890. The number of urea groups is 1. The molecule has 0 saturated heterocycles. The van der Waals surface area contributed by atoms with Crippen LogP contribution in [0.1, 0.15) is 26.7 Å². The van der Waals surface area contributed by atoms with Gasteiger partial charge in [-0.2, -0.15) is 0 Å². The van der Waals surface area contributed by atoms with Gasteiger partial charge in [0.2, 0.25) is 0 Å². The molecule has 1 unspecified atom stereocenters. The number of aliphatic carboxylic acids is 1. The largest absolute Gasteiger partial charge is 0.481 e. The monoisotopic (exact) mass is 245 g/mol. The Morgan fingerprint density at radius 2 is 2.00 bits per heavy atom. The molecular weight excluding hydrogens is 222 g/mol. The van der Waals surface area contributed by atoms with Crippen LogP contribution in [0.25, 0.3) is 0 Å². The third-order valence-electron chi connectivity index (χ3n) is 2.48. The third kappa shape index (κ3) is 6.78. The predicted octanol–water partition coefficient (Wildman–Crippen LogP) is 0.491. The topological polar surface area (TPSA) is 81.7 Å². The van der Waals surface area contributed by atoms with E-state index < -0.39 is 5.97 Å². The summed E-state index contributed by atoms with van der Waals surface area (Å²) >= 11 is 0. The van der Waals surface area contributed by atoms with Crippen molar-refractivity contribution in [3.05, 3.63) is 0 Å². The number of nitrogens with one attached hydrogen (secondary N) is 2. The maximum absolute atomic E-state index is 11.8. The average molecular weight is 245 g/mol. The smallest absolute Gasteiger partial charge is 0.317 e. The highest BCUT2D eigenvalue weighted by Crippen LogP contribution is 2.04. The number of nitrogens with zero attached hydrogens (tertiary/aromatic N) is 1. The van der Waals surface area contributed by atoms with E-state index in [0.717, 1.165) is 13.0 Å². The molecule has 2 amide bonds. The molecule has 17 heavy (non-hydrogen) atoms. The SMILES string of the molecule is CCN(C(=O)NCCCNC)C(C)CC(=O)O. The van der Waals surface area contributed by atoms with Crippen LogP contribution in [0.2, 0.25) is 0 Å². The highest BCUT2D eigenvalue weighted by molar-refractivity contribution is 5.75. The van der Waals surface area contributed by atoms with Crippen molar-refractivity contribution in [1.29, 1.82) is 0 Å². The first-order valence-corrected chi connectivity index (χ1v) is 5.93. The lowest BCUT2D eigenvalue weighted by Crippen LogP contribution is -2.46.